The number of hydrogen-bond donors (Lipinski definition) is 2. The molecule has 0 radical (unpaired) electrons. The number of thiophene rings is 1. The molecule has 2 atom stereocenters. The van der Waals surface area contributed by atoms with E-state index in [0.717, 1.165) is 28.8 Å². The fraction of sp³-hybridized carbons (Fsp3) is 0.308. The minimum atomic E-state index is -0.355. The largest absolute Gasteiger partial charge is 0.349 e. The summed E-state index contributed by atoms with van der Waals surface area (Å²) in [5.74, 6) is -0.232. The number of carbonyl (C=O) groups excluding carboxylic acids is 2. The van der Waals surface area contributed by atoms with E-state index < -0.39 is 0 Å². The van der Waals surface area contributed by atoms with E-state index in [9.17, 15) is 9.59 Å². The summed E-state index contributed by atoms with van der Waals surface area (Å²) in [6.45, 7) is 1.48. The Morgan fingerprint density at radius 3 is 2.39 bits per heavy atom. The zero-order chi connectivity index (χ0) is 21.6. The van der Waals surface area contributed by atoms with Crippen LogP contribution < -0.4 is 10.6 Å². The maximum absolute atomic E-state index is 13.1. The van der Waals surface area contributed by atoms with Gasteiger partial charge in [-0.15, -0.1) is 11.3 Å². The number of benzene rings is 2. The van der Waals surface area contributed by atoms with Gasteiger partial charge < -0.3 is 10.6 Å². The highest BCUT2D eigenvalue weighted by atomic mass is 32.1. The quantitative estimate of drug-likeness (QED) is 0.546. The summed E-state index contributed by atoms with van der Waals surface area (Å²) in [6.07, 6.45) is 4.91. The van der Waals surface area contributed by atoms with E-state index in [-0.39, 0.29) is 30.3 Å². The molecule has 2 N–H and O–H groups in total. The van der Waals surface area contributed by atoms with E-state index in [1.807, 2.05) is 41.8 Å². The smallest absolute Gasteiger partial charge is 0.223 e. The molecule has 0 aliphatic heterocycles. The summed E-state index contributed by atoms with van der Waals surface area (Å²) < 4.78 is 0. The topological polar surface area (TPSA) is 58.2 Å². The average Bonchev–Trinajstić information content (AvgIpc) is 3.32. The Hall–Kier alpha value is -2.92. The third-order valence-corrected chi connectivity index (χ3v) is 6.75. The molecule has 5 heteroatoms. The van der Waals surface area contributed by atoms with Gasteiger partial charge in [0.15, 0.2) is 0 Å². The molecule has 1 aromatic heterocycles. The van der Waals surface area contributed by atoms with Gasteiger partial charge in [0, 0.05) is 11.8 Å². The molecule has 0 fully saturated rings. The SMILES string of the molecule is CC(=O)NC(CC(=O)NC(c1ccc2c(c1)CCCC2)c1cccs1)c1ccccc1. The van der Waals surface area contributed by atoms with Crippen LogP contribution in [0.1, 0.15) is 65.4 Å². The Bertz CT molecular complexity index is 1030. The monoisotopic (exact) mass is 432 g/mol. The Kier molecular flexibility index (Phi) is 6.82. The number of amides is 2. The number of rotatable bonds is 7. The lowest BCUT2D eigenvalue weighted by Gasteiger charge is -2.24. The van der Waals surface area contributed by atoms with E-state index in [4.69, 9.17) is 0 Å². The molecule has 31 heavy (non-hydrogen) atoms. The van der Waals surface area contributed by atoms with Crippen LogP contribution in [0, 0.1) is 0 Å². The standard InChI is InChI=1S/C26H28N2O2S/c1-18(29)27-23(20-9-3-2-4-10-20)17-25(30)28-26(24-12-7-15-31-24)22-14-13-19-8-5-6-11-21(19)16-22/h2-4,7,9-10,12-16,23,26H,5-6,8,11,17H2,1H3,(H,27,29)(H,28,30). The molecule has 1 aliphatic rings. The van der Waals surface area contributed by atoms with E-state index in [2.05, 4.69) is 34.9 Å². The second-order valence-electron chi connectivity index (χ2n) is 8.12. The fourth-order valence-corrected chi connectivity index (χ4v) is 5.10. The highest BCUT2D eigenvalue weighted by molar-refractivity contribution is 7.10. The molecule has 0 spiro atoms. The first-order valence-electron chi connectivity index (χ1n) is 10.9. The fourth-order valence-electron chi connectivity index (χ4n) is 4.30. The molecular weight excluding hydrogens is 404 g/mol. The number of hydrogen-bond acceptors (Lipinski definition) is 3. The first kappa shape index (κ1) is 21.3. The maximum atomic E-state index is 13.1. The second-order valence-corrected chi connectivity index (χ2v) is 9.10. The molecule has 3 aromatic rings. The zero-order valence-electron chi connectivity index (χ0n) is 17.8. The summed E-state index contributed by atoms with van der Waals surface area (Å²) in [5, 5.41) is 8.19. The Morgan fingerprint density at radius 1 is 0.903 bits per heavy atom. The predicted octanol–water partition coefficient (Wildman–Crippen LogP) is 5.10. The van der Waals surface area contributed by atoms with Gasteiger partial charge in [0.2, 0.25) is 11.8 Å². The molecule has 0 saturated heterocycles. The average molecular weight is 433 g/mol. The van der Waals surface area contributed by atoms with Gasteiger partial charge in [0.25, 0.3) is 0 Å². The summed E-state index contributed by atoms with van der Waals surface area (Å²) in [5.41, 5.74) is 4.88. The van der Waals surface area contributed by atoms with Crippen molar-refractivity contribution >= 4 is 23.2 Å². The third-order valence-electron chi connectivity index (χ3n) is 5.81. The molecule has 4 nitrogen and oxygen atoms in total. The Labute approximate surface area is 187 Å². The normalized spacial score (nSPS) is 14.9. The zero-order valence-corrected chi connectivity index (χ0v) is 18.6. The van der Waals surface area contributed by atoms with E-state index in [1.54, 1.807) is 11.3 Å². The molecule has 4 rings (SSSR count). The van der Waals surface area contributed by atoms with E-state index >= 15 is 0 Å². The van der Waals surface area contributed by atoms with Gasteiger partial charge in [0.1, 0.15) is 0 Å². The van der Waals surface area contributed by atoms with Crippen molar-refractivity contribution in [3.63, 3.8) is 0 Å². The lowest BCUT2D eigenvalue weighted by molar-refractivity contribution is -0.123. The molecule has 1 aliphatic carbocycles. The van der Waals surface area contributed by atoms with Crippen molar-refractivity contribution in [2.75, 3.05) is 0 Å². The van der Waals surface area contributed by atoms with Gasteiger partial charge in [-0.1, -0.05) is 54.6 Å². The first-order valence-corrected chi connectivity index (χ1v) is 11.7. The minimum absolute atomic E-state index is 0.0845. The van der Waals surface area contributed by atoms with Crippen molar-refractivity contribution in [3.05, 3.63) is 93.2 Å². The van der Waals surface area contributed by atoms with Gasteiger partial charge in [-0.2, -0.15) is 0 Å². The van der Waals surface area contributed by atoms with Crippen molar-refractivity contribution in [2.24, 2.45) is 0 Å². The van der Waals surface area contributed by atoms with Crippen LogP contribution in [0.4, 0.5) is 0 Å². The van der Waals surface area contributed by atoms with E-state index in [1.165, 1.54) is 30.9 Å². The minimum Gasteiger partial charge on any atom is -0.349 e. The molecule has 0 saturated carbocycles. The molecule has 2 aromatic carbocycles. The van der Waals surface area contributed by atoms with Crippen LogP contribution in [0.15, 0.2) is 66.0 Å². The van der Waals surface area contributed by atoms with Gasteiger partial charge in [-0.25, -0.2) is 0 Å². The summed E-state index contributed by atoms with van der Waals surface area (Å²) in [4.78, 5) is 26.0. The molecule has 2 unspecified atom stereocenters. The van der Waals surface area contributed by atoms with Gasteiger partial charge in [-0.05, 0) is 59.4 Å². The molecule has 160 valence electrons. The lowest BCUT2D eigenvalue weighted by atomic mass is 9.89. The molecule has 1 heterocycles. The summed E-state index contributed by atoms with van der Waals surface area (Å²) >= 11 is 1.65. The van der Waals surface area contributed by atoms with Crippen LogP contribution >= 0.6 is 11.3 Å². The number of carbonyl (C=O) groups is 2. The van der Waals surface area contributed by atoms with Crippen molar-refractivity contribution < 1.29 is 9.59 Å². The van der Waals surface area contributed by atoms with Crippen LogP contribution in [-0.2, 0) is 22.4 Å². The third kappa shape index (κ3) is 5.42. The molecule has 0 bridgehead atoms. The van der Waals surface area contributed by atoms with Crippen molar-refractivity contribution in [2.45, 2.75) is 51.1 Å². The Morgan fingerprint density at radius 2 is 1.68 bits per heavy atom. The van der Waals surface area contributed by atoms with Crippen LogP contribution in [0.3, 0.4) is 0 Å². The highest BCUT2D eigenvalue weighted by Crippen LogP contribution is 2.30. The number of nitrogens with one attached hydrogen (secondary N) is 2. The predicted molar refractivity (Wildman–Crippen MR) is 125 cm³/mol. The second kappa shape index (κ2) is 9.92. The van der Waals surface area contributed by atoms with Crippen molar-refractivity contribution in [1.82, 2.24) is 10.6 Å². The Balaban J connectivity index is 1.56. The molecular formula is C26H28N2O2S. The summed E-state index contributed by atoms with van der Waals surface area (Å²) in [6, 6.07) is 19.8. The lowest BCUT2D eigenvalue weighted by Crippen LogP contribution is -2.34. The van der Waals surface area contributed by atoms with Gasteiger partial charge in [0.05, 0.1) is 18.5 Å². The van der Waals surface area contributed by atoms with E-state index in [0.29, 0.717) is 0 Å². The summed E-state index contributed by atoms with van der Waals surface area (Å²) in [7, 11) is 0. The highest BCUT2D eigenvalue weighted by Gasteiger charge is 2.23. The van der Waals surface area contributed by atoms with Crippen molar-refractivity contribution in [1.29, 1.82) is 0 Å². The maximum Gasteiger partial charge on any atom is 0.223 e. The van der Waals surface area contributed by atoms with Crippen LogP contribution in [0.2, 0.25) is 0 Å². The molecule has 2 amide bonds. The van der Waals surface area contributed by atoms with Crippen LogP contribution in [0.5, 0.6) is 0 Å². The number of aryl methyl sites for hydroxylation is 2. The van der Waals surface area contributed by atoms with Crippen LogP contribution in [0.25, 0.3) is 0 Å². The first-order chi connectivity index (χ1) is 15.1. The van der Waals surface area contributed by atoms with Crippen molar-refractivity contribution in [3.8, 4) is 0 Å². The van der Waals surface area contributed by atoms with Crippen LogP contribution in [-0.4, -0.2) is 11.8 Å². The van der Waals surface area contributed by atoms with Gasteiger partial charge in [-0.3, -0.25) is 9.59 Å². The van der Waals surface area contributed by atoms with Gasteiger partial charge >= 0.3 is 0 Å². The number of fused-ring (bicyclic) bond motifs is 1.